The van der Waals surface area contributed by atoms with Crippen LogP contribution in [-0.2, 0) is 0 Å². The summed E-state index contributed by atoms with van der Waals surface area (Å²) in [4.78, 5) is 14.3. The van der Waals surface area contributed by atoms with Crippen molar-refractivity contribution in [3.05, 3.63) is 18.7 Å². The summed E-state index contributed by atoms with van der Waals surface area (Å²) in [6.07, 6.45) is 4.54. The maximum Gasteiger partial charge on any atom is 0.329 e. The van der Waals surface area contributed by atoms with Gasteiger partial charge in [0.15, 0.2) is 0 Å². The van der Waals surface area contributed by atoms with E-state index in [1.807, 2.05) is 0 Å². The molecule has 1 aromatic rings. The fraction of sp³-hybridized carbons (Fsp3) is 0. The molecule has 1 atom stereocenters. The third kappa shape index (κ3) is 1.27. The fourth-order valence-electron chi connectivity index (χ4n) is 0.454. The minimum Gasteiger partial charge on any atom is -0.322 e. The summed E-state index contributed by atoms with van der Waals surface area (Å²) < 4.78 is 1.34. The molecule has 0 saturated carbocycles. The Hall–Kier alpha value is -0.890. The van der Waals surface area contributed by atoms with E-state index in [-0.39, 0.29) is 6.03 Å². The quantitative estimate of drug-likeness (QED) is 0.528. The predicted molar refractivity (Wildman–Crippen MR) is 35.9 cm³/mol. The summed E-state index contributed by atoms with van der Waals surface area (Å²) in [6.45, 7) is 0. The molecule has 9 heavy (non-hydrogen) atoms. The summed E-state index contributed by atoms with van der Waals surface area (Å²) in [5.41, 5.74) is 0. The number of rotatable bonds is 0. The van der Waals surface area contributed by atoms with E-state index in [0.29, 0.717) is 0 Å². The minimum absolute atomic E-state index is 0.211. The first-order valence-corrected chi connectivity index (χ1v) is 2.91. The Morgan fingerprint density at radius 2 is 2.56 bits per heavy atom. The van der Waals surface area contributed by atoms with Crippen LogP contribution in [0.15, 0.2) is 18.7 Å². The lowest BCUT2D eigenvalue weighted by molar-refractivity contribution is 0.248. The van der Waals surface area contributed by atoms with E-state index in [2.05, 4.69) is 19.5 Å². The normalized spacial score (nSPS) is 9.00. The van der Waals surface area contributed by atoms with Crippen LogP contribution in [0, 0.1) is 0 Å². The summed E-state index contributed by atoms with van der Waals surface area (Å²) in [5.74, 6) is 0. The molecule has 0 spiro atoms. The molecule has 0 saturated heterocycles. The second-order valence-corrected chi connectivity index (χ2v) is 1.71. The second kappa shape index (κ2) is 2.60. The molecule has 4 nitrogen and oxygen atoms in total. The van der Waals surface area contributed by atoms with Gasteiger partial charge in [-0.1, -0.05) is 0 Å². The molecule has 0 aromatic carbocycles. The molecular weight excluding hydrogens is 137 g/mol. The van der Waals surface area contributed by atoms with Crippen LogP contribution in [0.25, 0.3) is 0 Å². The first-order chi connectivity index (χ1) is 4.34. The molecule has 1 unspecified atom stereocenters. The Labute approximate surface area is 54.5 Å². The van der Waals surface area contributed by atoms with Crippen molar-refractivity contribution in [1.82, 2.24) is 14.6 Å². The van der Waals surface area contributed by atoms with Crippen LogP contribution in [0.5, 0.6) is 0 Å². The van der Waals surface area contributed by atoms with E-state index in [0.717, 1.165) is 0 Å². The molecule has 0 fully saturated rings. The van der Waals surface area contributed by atoms with Gasteiger partial charge in [-0.3, -0.25) is 4.57 Å². The Balaban J connectivity index is 2.77. The topological polar surface area (TPSA) is 46.9 Å². The number of hydrogen-bond acceptors (Lipinski definition) is 2. The third-order valence-electron chi connectivity index (χ3n) is 0.862. The Bertz CT molecular complexity index is 196. The molecule has 0 aliphatic heterocycles. The maximum absolute atomic E-state index is 10.7. The largest absolute Gasteiger partial charge is 0.329 e. The average molecular weight is 143 g/mol. The third-order valence-corrected chi connectivity index (χ3v) is 1.11. The number of nitrogens with zero attached hydrogens (tertiary/aromatic N) is 2. The molecule has 1 rings (SSSR count). The summed E-state index contributed by atoms with van der Waals surface area (Å²) in [5, 5.41) is 2.37. The van der Waals surface area contributed by atoms with Gasteiger partial charge in [0.1, 0.15) is 6.33 Å². The lowest BCUT2D eigenvalue weighted by Gasteiger charge is -1.95. The van der Waals surface area contributed by atoms with Gasteiger partial charge < -0.3 is 5.09 Å². The van der Waals surface area contributed by atoms with E-state index < -0.39 is 0 Å². The van der Waals surface area contributed by atoms with Crippen LogP contribution in [0.2, 0.25) is 0 Å². The Morgan fingerprint density at radius 1 is 1.78 bits per heavy atom. The molecule has 0 radical (unpaired) electrons. The van der Waals surface area contributed by atoms with Crippen molar-refractivity contribution < 1.29 is 4.79 Å². The maximum atomic E-state index is 10.7. The highest BCUT2D eigenvalue weighted by Crippen LogP contribution is 1.85. The van der Waals surface area contributed by atoms with Crippen LogP contribution in [0.3, 0.4) is 0 Å². The Morgan fingerprint density at radius 3 is 3.00 bits per heavy atom. The predicted octanol–water partition coefficient (Wildman–Crippen LogP) is 0.231. The van der Waals surface area contributed by atoms with Crippen LogP contribution in [-0.4, -0.2) is 15.6 Å². The summed E-state index contributed by atoms with van der Waals surface area (Å²) >= 11 is 0. The number of carbonyl (C=O) groups excluding carboxylic acids is 1. The van der Waals surface area contributed by atoms with E-state index >= 15 is 0 Å². The van der Waals surface area contributed by atoms with E-state index in [1.54, 1.807) is 12.4 Å². The lowest BCUT2D eigenvalue weighted by atomic mass is 10.9. The zero-order valence-electron chi connectivity index (χ0n) is 4.61. The lowest BCUT2D eigenvalue weighted by Crippen LogP contribution is -2.17. The van der Waals surface area contributed by atoms with Crippen LogP contribution < -0.4 is 5.09 Å². The standard InChI is InChI=1S/C4H6N3OP/c8-4(6-9)7-2-1-5-3-7/h1-3H,9H2,(H,6,8). The van der Waals surface area contributed by atoms with Gasteiger partial charge in [-0.05, 0) is 9.39 Å². The van der Waals surface area contributed by atoms with Crippen LogP contribution in [0.1, 0.15) is 0 Å². The average Bonchev–Trinajstić information content (AvgIpc) is 2.37. The molecule has 0 bridgehead atoms. The first-order valence-electron chi connectivity index (χ1n) is 2.33. The van der Waals surface area contributed by atoms with Crippen molar-refractivity contribution in [3.8, 4) is 0 Å². The molecular formula is C4H6N3OP. The van der Waals surface area contributed by atoms with Gasteiger partial charge in [-0.25, -0.2) is 9.78 Å². The minimum atomic E-state index is -0.211. The van der Waals surface area contributed by atoms with Gasteiger partial charge in [0.05, 0.1) is 0 Å². The highest BCUT2D eigenvalue weighted by Gasteiger charge is 1.95. The smallest absolute Gasteiger partial charge is 0.322 e. The van der Waals surface area contributed by atoms with Crippen molar-refractivity contribution in [2.24, 2.45) is 0 Å². The SMILES string of the molecule is O=C(NP)n1ccnc1. The van der Waals surface area contributed by atoms with Crippen LogP contribution >= 0.6 is 9.39 Å². The molecule has 0 aliphatic rings. The zero-order valence-corrected chi connectivity index (χ0v) is 5.77. The molecule has 48 valence electrons. The number of nitrogens with one attached hydrogen (secondary N) is 1. The highest BCUT2D eigenvalue weighted by atomic mass is 31.0. The fourth-order valence-corrected chi connectivity index (χ4v) is 0.603. The molecule has 5 heteroatoms. The summed E-state index contributed by atoms with van der Waals surface area (Å²) in [6, 6.07) is -0.211. The second-order valence-electron chi connectivity index (χ2n) is 1.42. The first kappa shape index (κ1) is 6.23. The molecule has 0 aliphatic carbocycles. The van der Waals surface area contributed by atoms with E-state index in [1.165, 1.54) is 10.9 Å². The zero-order chi connectivity index (χ0) is 6.69. The van der Waals surface area contributed by atoms with E-state index in [4.69, 9.17) is 0 Å². The van der Waals surface area contributed by atoms with Crippen molar-refractivity contribution in [3.63, 3.8) is 0 Å². The van der Waals surface area contributed by atoms with Crippen molar-refractivity contribution in [1.29, 1.82) is 0 Å². The van der Waals surface area contributed by atoms with Crippen molar-refractivity contribution in [2.45, 2.75) is 0 Å². The Kier molecular flexibility index (Phi) is 1.80. The number of aromatic nitrogens is 2. The number of hydrogen-bond donors (Lipinski definition) is 1. The van der Waals surface area contributed by atoms with Gasteiger partial charge in [-0.15, -0.1) is 0 Å². The molecule has 1 amide bonds. The van der Waals surface area contributed by atoms with Gasteiger partial charge in [0, 0.05) is 12.4 Å². The van der Waals surface area contributed by atoms with Gasteiger partial charge in [0.25, 0.3) is 0 Å². The monoisotopic (exact) mass is 143 g/mol. The molecule has 1 aromatic heterocycles. The molecule has 1 N–H and O–H groups in total. The molecule has 1 heterocycles. The number of imidazole rings is 1. The van der Waals surface area contributed by atoms with Gasteiger partial charge in [0.2, 0.25) is 0 Å². The number of amides is 1. The van der Waals surface area contributed by atoms with Crippen molar-refractivity contribution in [2.75, 3.05) is 0 Å². The van der Waals surface area contributed by atoms with Crippen molar-refractivity contribution >= 4 is 15.4 Å². The highest BCUT2D eigenvalue weighted by molar-refractivity contribution is 7.15. The van der Waals surface area contributed by atoms with Gasteiger partial charge >= 0.3 is 6.03 Å². The van der Waals surface area contributed by atoms with E-state index in [9.17, 15) is 4.79 Å². The van der Waals surface area contributed by atoms with Gasteiger partial charge in [-0.2, -0.15) is 0 Å². The summed E-state index contributed by atoms with van der Waals surface area (Å²) in [7, 11) is 2.11. The number of carbonyl (C=O) groups is 1. The van der Waals surface area contributed by atoms with Crippen LogP contribution in [0.4, 0.5) is 4.79 Å².